The van der Waals surface area contributed by atoms with Crippen LogP contribution in [0.1, 0.15) is 168 Å². The molecule has 6 aliphatic carbocycles. The number of hydrogen-bond donors (Lipinski definition) is 0. The highest BCUT2D eigenvalue weighted by Gasteiger charge is 2.42. The Kier molecular flexibility index (Phi) is 42.6. The van der Waals surface area contributed by atoms with Gasteiger partial charge >= 0.3 is 0 Å². The molecule has 0 aromatic heterocycles. The van der Waals surface area contributed by atoms with E-state index in [1.807, 2.05) is 43.3 Å². The minimum atomic E-state index is -0.0623. The molecule has 13 saturated heterocycles. The van der Waals surface area contributed by atoms with Gasteiger partial charge in [0.05, 0.1) is 184 Å². The third-order valence-electron chi connectivity index (χ3n) is 24.6. The highest BCUT2D eigenvalue weighted by molar-refractivity contribution is 5.42. The largest absolute Gasteiger partial charge is 0.493 e. The predicted octanol–water partition coefficient (Wildman–Crippen LogP) is 13.7. The molecule has 27 nitrogen and oxygen atoms in total. The number of epoxide rings is 13. The van der Waals surface area contributed by atoms with Crippen LogP contribution in [0.25, 0.3) is 0 Å². The first-order chi connectivity index (χ1) is 62.7. The van der Waals surface area contributed by atoms with Crippen LogP contribution in [0, 0.1) is 46.8 Å². The van der Waals surface area contributed by atoms with Crippen molar-refractivity contribution >= 4 is 0 Å². The summed E-state index contributed by atoms with van der Waals surface area (Å²) in [5.41, 5.74) is 2.62. The van der Waals surface area contributed by atoms with E-state index < -0.39 is 0 Å². The topological polar surface area (TPSA) is 292 Å². The van der Waals surface area contributed by atoms with Gasteiger partial charge in [0.2, 0.25) is 0 Å². The summed E-state index contributed by atoms with van der Waals surface area (Å²) >= 11 is 0. The Hall–Kier alpha value is -4.06. The Labute approximate surface area is 763 Å². The molecule has 3 aromatic rings. The van der Waals surface area contributed by atoms with Gasteiger partial charge in [-0.25, -0.2) is 0 Å². The summed E-state index contributed by atoms with van der Waals surface area (Å²) in [5.74, 6) is 9.58. The fourth-order valence-electron chi connectivity index (χ4n) is 13.6. The highest BCUT2D eigenvalue weighted by atomic mass is 16.7. The lowest BCUT2D eigenvalue weighted by atomic mass is 9.78. The van der Waals surface area contributed by atoms with Crippen molar-refractivity contribution in [3.05, 3.63) is 83.9 Å². The van der Waals surface area contributed by atoms with Gasteiger partial charge in [0.15, 0.2) is 0 Å². The number of benzene rings is 3. The van der Waals surface area contributed by atoms with E-state index in [0.717, 1.165) is 269 Å². The first-order valence-electron chi connectivity index (χ1n) is 49.4. The lowest BCUT2D eigenvalue weighted by Crippen LogP contribution is -2.27. The summed E-state index contributed by atoms with van der Waals surface area (Å²) in [6.07, 6.45) is 30.8. The summed E-state index contributed by atoms with van der Waals surface area (Å²) in [4.78, 5) is 0. The van der Waals surface area contributed by atoms with Gasteiger partial charge in [-0.3, -0.25) is 0 Å². The molecule has 13 aliphatic heterocycles. The number of rotatable bonds is 58. The van der Waals surface area contributed by atoms with Crippen LogP contribution in [0.5, 0.6) is 23.0 Å². The molecule has 128 heavy (non-hydrogen) atoms. The van der Waals surface area contributed by atoms with Crippen LogP contribution in [0.15, 0.2) is 72.8 Å². The highest BCUT2D eigenvalue weighted by Crippen LogP contribution is 2.38. The molecule has 0 spiro atoms. The maximum absolute atomic E-state index is 5.84. The molecule has 14 atom stereocenters. The second-order valence-electron chi connectivity index (χ2n) is 39.6. The van der Waals surface area contributed by atoms with E-state index in [1.165, 1.54) is 120 Å². The summed E-state index contributed by atoms with van der Waals surface area (Å²) < 4.78 is 143. The minimum absolute atomic E-state index is 0.0623. The van der Waals surface area contributed by atoms with E-state index >= 15 is 0 Å². The van der Waals surface area contributed by atoms with Crippen molar-refractivity contribution in [2.75, 3.05) is 238 Å². The maximum Gasteiger partial charge on any atom is 0.123 e. The minimum Gasteiger partial charge on any atom is -0.493 e. The molecule has 0 radical (unpaired) electrons. The first kappa shape index (κ1) is 99.9. The van der Waals surface area contributed by atoms with Crippen LogP contribution in [0.4, 0.5) is 0 Å². The monoisotopic (exact) mass is 1800 g/mol. The molecule has 19 aliphatic rings. The smallest absolute Gasteiger partial charge is 0.123 e. The lowest BCUT2D eigenvalue weighted by molar-refractivity contribution is -0.0146. The fourth-order valence-corrected chi connectivity index (χ4v) is 13.6. The molecule has 3 aromatic carbocycles. The Balaban J connectivity index is 0.000000119. The van der Waals surface area contributed by atoms with Gasteiger partial charge in [-0.15, -0.1) is 0 Å². The molecule has 0 amide bonds. The first-order valence-corrected chi connectivity index (χ1v) is 49.4. The standard InChI is InChI=1S/C22H26O3.C15H26O3.C12H14O4.C12H22O3.C11H20O3.C9H16O4.C9H16O3.C7H12O2.C4H6O2/c1-22(2,17-5-9-19(10-6-17)23-13-16-3-4-16)18-7-11-20(12-8-18)24-14-21-15-25-21;1(3-14-10-17-14)2-12-4-6-13(7-5-12)8-16-9-15-11-18-15;1-2-9(13-5-11-7-15-11)4-10(3-1)14-6-12-8-16-12;1-12(2,8-13-5-10-3-4-10)9-14-6-11-7-15-11;1(5-12-7-10-3-4-10)2-6-13-8-11-9-14-11;1-7(11-4-9-6-13-9)2-10-3-8-5-12-8;1-2-8(1)5-10-3-4-11-6-9-7-12-9;1-2-6(1)3-8-4-7-5-9-7;1-3(5-1)4-2-6-4/h5-12,16,21H,3-4,13-15H2,1-2H3;12-15H,1-11H2;1-4,11-12H,5-8H2;10-11H,3-9H2,1-2H3;10-11H,1-9H2;7-9H,2-6H2,1H3;8-9H,1-7H2;6-7H,1-5H2;3-4H,1-2H2. The third kappa shape index (κ3) is 50.0. The molecule has 19 fully saturated rings. The van der Waals surface area contributed by atoms with Crippen LogP contribution >= 0.6 is 0 Å². The number of hydrogen-bond acceptors (Lipinski definition) is 27. The molecule has 6 saturated carbocycles. The fraction of sp³-hybridized carbons (Fsp3) is 0.822. The van der Waals surface area contributed by atoms with Gasteiger partial charge in [0.25, 0.3) is 0 Å². The van der Waals surface area contributed by atoms with Gasteiger partial charge in [-0.1, -0.05) is 83.7 Å². The van der Waals surface area contributed by atoms with Crippen LogP contribution in [-0.2, 0) is 114 Å². The van der Waals surface area contributed by atoms with Crippen molar-refractivity contribution in [3.8, 4) is 23.0 Å². The van der Waals surface area contributed by atoms with E-state index in [4.69, 9.17) is 128 Å². The zero-order valence-corrected chi connectivity index (χ0v) is 78.0. The number of unbranched alkanes of at least 4 members (excludes halogenated alkanes) is 1. The second-order valence-corrected chi connectivity index (χ2v) is 39.6. The molecular formula is C101H158O27. The van der Waals surface area contributed by atoms with E-state index in [0.29, 0.717) is 107 Å². The zero-order valence-electron chi connectivity index (χ0n) is 78.0. The van der Waals surface area contributed by atoms with Crippen LogP contribution in [-0.4, -0.2) is 323 Å². The van der Waals surface area contributed by atoms with E-state index in [-0.39, 0.29) is 35.2 Å². The van der Waals surface area contributed by atoms with Crippen LogP contribution < -0.4 is 18.9 Å². The molecule has 724 valence electrons. The molecule has 14 unspecified atom stereocenters. The Morgan fingerprint density at radius 3 is 0.969 bits per heavy atom. The van der Waals surface area contributed by atoms with Crippen LogP contribution in [0.3, 0.4) is 0 Å². The van der Waals surface area contributed by atoms with Gasteiger partial charge in [-0.05, 0) is 192 Å². The van der Waals surface area contributed by atoms with Gasteiger partial charge in [0, 0.05) is 63.1 Å². The quantitative estimate of drug-likeness (QED) is 0.0375. The van der Waals surface area contributed by atoms with Gasteiger partial charge in [-0.2, -0.15) is 0 Å². The molecule has 0 N–H and O–H groups in total. The molecule has 13 heterocycles. The molecule has 27 heteroatoms. The summed E-state index contributed by atoms with van der Waals surface area (Å²) in [5, 5.41) is 0. The van der Waals surface area contributed by atoms with Crippen molar-refractivity contribution in [2.24, 2.45) is 46.8 Å². The summed E-state index contributed by atoms with van der Waals surface area (Å²) in [6.45, 7) is 40.7. The van der Waals surface area contributed by atoms with Crippen molar-refractivity contribution in [1.29, 1.82) is 0 Å². The Bertz CT molecular complexity index is 3190. The normalized spacial score (nSPS) is 29.0. The van der Waals surface area contributed by atoms with Crippen molar-refractivity contribution in [3.63, 3.8) is 0 Å². The maximum atomic E-state index is 5.84. The second kappa shape index (κ2) is 54.6. The number of ether oxygens (including phenoxy) is 27. The average Bonchev–Trinajstić information content (AvgIpc) is 1.76. The SMILES string of the molecule is C(CC1CCC(COCC2CO2)CC1)CC1CO1.C(CCOCC1CO1)COCC1CC1.C(COCC1CO1)OCC1CC1.C1CC1COCC1CO1.C1OC1C1CO1.CC(C)(COCC1CC1)COCC1CO1.CC(C)(c1ccc(OCC2CC2)cc1)c1ccc(OCC2CO2)cc1.CC(COCC1CO1)OCC1CO1.c1cc(OCC2CO2)cc(OCC2CO2)c1. The Morgan fingerprint density at radius 2 is 0.570 bits per heavy atom. The van der Waals surface area contributed by atoms with E-state index in [2.05, 4.69) is 64.1 Å². The molecule has 22 rings (SSSR count). The van der Waals surface area contributed by atoms with Crippen molar-refractivity contribution in [2.45, 2.75) is 247 Å². The summed E-state index contributed by atoms with van der Waals surface area (Å²) in [6, 6.07) is 24.6. The average molecular weight is 1800 g/mol. The van der Waals surface area contributed by atoms with Crippen molar-refractivity contribution < 1.29 is 128 Å². The van der Waals surface area contributed by atoms with Crippen LogP contribution in [0.2, 0.25) is 0 Å². The summed E-state index contributed by atoms with van der Waals surface area (Å²) in [7, 11) is 0. The predicted molar refractivity (Wildman–Crippen MR) is 479 cm³/mol. The van der Waals surface area contributed by atoms with E-state index in [1.54, 1.807) is 0 Å². The lowest BCUT2D eigenvalue weighted by Gasteiger charge is -2.28. The van der Waals surface area contributed by atoms with Gasteiger partial charge < -0.3 is 128 Å². The van der Waals surface area contributed by atoms with Gasteiger partial charge in [0.1, 0.15) is 116 Å². The molecular weight excluding hydrogens is 1650 g/mol. The molecule has 0 bridgehead atoms. The van der Waals surface area contributed by atoms with E-state index in [9.17, 15) is 0 Å². The third-order valence-corrected chi connectivity index (χ3v) is 24.6. The zero-order chi connectivity index (χ0) is 88.1. The van der Waals surface area contributed by atoms with Crippen molar-refractivity contribution in [1.82, 2.24) is 0 Å². The Morgan fingerprint density at radius 1 is 0.273 bits per heavy atom.